The van der Waals surface area contributed by atoms with Gasteiger partial charge in [0.1, 0.15) is 5.56 Å². The second kappa shape index (κ2) is 14.2. The molecule has 2 heterocycles. The van der Waals surface area contributed by atoms with E-state index in [9.17, 15) is 24.5 Å². The summed E-state index contributed by atoms with van der Waals surface area (Å²) in [6.07, 6.45) is 1.86. The van der Waals surface area contributed by atoms with Crippen molar-refractivity contribution in [2.75, 3.05) is 43.9 Å². The summed E-state index contributed by atoms with van der Waals surface area (Å²) in [7, 11) is 3.96. The van der Waals surface area contributed by atoms with Gasteiger partial charge >= 0.3 is 0 Å². The molecule has 5 rings (SSSR count). The maximum absolute atomic E-state index is 15.7. The number of nitro benzene ring substituents is 1. The van der Waals surface area contributed by atoms with Crippen LogP contribution in [0, 0.1) is 10.1 Å². The lowest BCUT2D eigenvalue weighted by Crippen LogP contribution is -2.44. The molecule has 0 aromatic heterocycles. The minimum Gasteiger partial charge on any atom is -0.339 e. The van der Waals surface area contributed by atoms with Crippen LogP contribution in [0.25, 0.3) is 5.57 Å². The molecular formula is C33H34ClF2N5O5. The zero-order chi connectivity index (χ0) is 32.3. The first kappa shape index (κ1) is 34.2. The van der Waals surface area contributed by atoms with Crippen molar-refractivity contribution in [3.8, 4) is 0 Å². The van der Waals surface area contributed by atoms with E-state index in [0.717, 1.165) is 18.9 Å². The Bertz CT molecular complexity index is 1660. The van der Waals surface area contributed by atoms with Crippen LogP contribution in [0.2, 0.25) is 0 Å². The predicted octanol–water partition coefficient (Wildman–Crippen LogP) is 5.89. The molecule has 10 nitrogen and oxygen atoms in total. The molecule has 2 aliphatic heterocycles. The number of allylic oxidation sites excluding steroid dienone is 1. The van der Waals surface area contributed by atoms with E-state index in [1.165, 1.54) is 59.5 Å². The van der Waals surface area contributed by atoms with Gasteiger partial charge in [-0.3, -0.25) is 24.5 Å². The fraction of sp³-hybridized carbons (Fsp3) is 0.303. The van der Waals surface area contributed by atoms with Gasteiger partial charge in [-0.25, -0.2) is 8.78 Å². The van der Waals surface area contributed by atoms with Gasteiger partial charge in [-0.2, -0.15) is 0 Å². The molecule has 2 aliphatic rings. The number of fused-ring (bicyclic) bond motifs is 1. The lowest BCUT2D eigenvalue weighted by molar-refractivity contribution is -0.385. The van der Waals surface area contributed by atoms with Crippen molar-refractivity contribution >= 4 is 52.8 Å². The van der Waals surface area contributed by atoms with E-state index in [-0.39, 0.29) is 52.7 Å². The van der Waals surface area contributed by atoms with Gasteiger partial charge in [0.05, 0.1) is 10.6 Å². The number of carbonyl (C=O) groups is 3. The van der Waals surface area contributed by atoms with Gasteiger partial charge in [0.15, 0.2) is 0 Å². The first-order valence-electron chi connectivity index (χ1n) is 14.6. The summed E-state index contributed by atoms with van der Waals surface area (Å²) >= 11 is 0. The van der Waals surface area contributed by atoms with Gasteiger partial charge in [-0.1, -0.05) is 30.3 Å². The Balaban J connectivity index is 0.00000480. The highest BCUT2D eigenvalue weighted by Gasteiger charge is 2.42. The Labute approximate surface area is 271 Å². The van der Waals surface area contributed by atoms with E-state index in [1.807, 2.05) is 14.1 Å². The Morgan fingerprint density at radius 2 is 1.59 bits per heavy atom. The van der Waals surface area contributed by atoms with E-state index in [2.05, 4.69) is 10.2 Å². The molecule has 0 spiro atoms. The van der Waals surface area contributed by atoms with Crippen LogP contribution in [0.15, 0.2) is 78.9 Å². The number of alkyl halides is 2. The maximum atomic E-state index is 15.7. The van der Waals surface area contributed by atoms with Crippen LogP contribution in [-0.4, -0.2) is 78.1 Å². The summed E-state index contributed by atoms with van der Waals surface area (Å²) in [5.74, 6) is -5.07. The summed E-state index contributed by atoms with van der Waals surface area (Å²) in [6, 6.07) is 18.0. The topological polar surface area (TPSA) is 116 Å². The minimum atomic E-state index is -3.36. The normalized spacial score (nSPS) is 17.1. The maximum Gasteiger partial charge on any atom is 0.282 e. The fourth-order valence-corrected chi connectivity index (χ4v) is 5.73. The molecular weight excluding hydrogens is 620 g/mol. The zero-order valence-electron chi connectivity index (χ0n) is 25.3. The highest BCUT2D eigenvalue weighted by molar-refractivity contribution is 6.10. The number of amides is 3. The van der Waals surface area contributed by atoms with Crippen LogP contribution in [0.5, 0.6) is 0 Å². The van der Waals surface area contributed by atoms with Crippen molar-refractivity contribution in [2.24, 2.45) is 0 Å². The fourth-order valence-electron chi connectivity index (χ4n) is 5.73. The smallest absolute Gasteiger partial charge is 0.282 e. The molecule has 46 heavy (non-hydrogen) atoms. The number of carbonyl (C=O) groups excluding carboxylic acids is 3. The van der Waals surface area contributed by atoms with Gasteiger partial charge in [0, 0.05) is 66.6 Å². The third kappa shape index (κ3) is 7.24. The van der Waals surface area contributed by atoms with E-state index in [1.54, 1.807) is 23.1 Å². The number of benzene rings is 3. The summed E-state index contributed by atoms with van der Waals surface area (Å²) in [6.45, 7) is 0.655. The summed E-state index contributed by atoms with van der Waals surface area (Å²) in [5, 5.41) is 13.9. The lowest BCUT2D eigenvalue weighted by Gasteiger charge is -2.35. The average molecular weight is 654 g/mol. The molecule has 3 amide bonds. The third-order valence-corrected chi connectivity index (χ3v) is 8.28. The van der Waals surface area contributed by atoms with Crippen molar-refractivity contribution in [3.63, 3.8) is 0 Å². The highest BCUT2D eigenvalue weighted by Crippen LogP contribution is 2.43. The molecule has 3 aromatic carbocycles. The molecule has 1 fully saturated rings. The number of anilines is 2. The van der Waals surface area contributed by atoms with E-state index in [0.29, 0.717) is 19.1 Å². The molecule has 3 aromatic rings. The van der Waals surface area contributed by atoms with Crippen LogP contribution in [0.1, 0.15) is 45.5 Å². The quantitative estimate of drug-likeness (QED) is 0.202. The van der Waals surface area contributed by atoms with Crippen LogP contribution >= 0.6 is 12.4 Å². The Kier molecular flexibility index (Phi) is 10.5. The van der Waals surface area contributed by atoms with Crippen molar-refractivity contribution in [2.45, 2.75) is 31.2 Å². The Morgan fingerprint density at radius 3 is 2.24 bits per heavy atom. The van der Waals surface area contributed by atoms with E-state index in [4.69, 9.17) is 0 Å². The van der Waals surface area contributed by atoms with Crippen LogP contribution in [0.3, 0.4) is 0 Å². The Hall–Kier alpha value is -4.68. The number of hydrogen-bond donors (Lipinski definition) is 1. The van der Waals surface area contributed by atoms with Crippen molar-refractivity contribution in [3.05, 3.63) is 106 Å². The average Bonchev–Trinajstić information content (AvgIpc) is 3.14. The van der Waals surface area contributed by atoms with Gasteiger partial charge in [0.2, 0.25) is 5.91 Å². The van der Waals surface area contributed by atoms with Gasteiger partial charge in [-0.15, -0.1) is 12.4 Å². The van der Waals surface area contributed by atoms with E-state index >= 15 is 8.78 Å². The molecule has 1 saturated heterocycles. The summed E-state index contributed by atoms with van der Waals surface area (Å²) < 4.78 is 31.3. The highest BCUT2D eigenvalue weighted by atomic mass is 35.5. The molecule has 0 aliphatic carbocycles. The number of para-hydroxylation sites is 2. The van der Waals surface area contributed by atoms with Gasteiger partial charge < -0.3 is 20.0 Å². The SMILES string of the molecule is CN(C)C1CCN(C(=O)/C=C2/c3ccccc3N(C(=O)c3ccc(NC(=O)c4ccccc4[N+](=O)[O-])cc3)CCC2(F)F)CC1.Cl. The Morgan fingerprint density at radius 1 is 0.957 bits per heavy atom. The van der Waals surface area contributed by atoms with Crippen molar-refractivity contribution in [1.82, 2.24) is 9.80 Å². The molecule has 0 radical (unpaired) electrons. The molecule has 13 heteroatoms. The second-order valence-electron chi connectivity index (χ2n) is 11.3. The number of nitro groups is 1. The standard InChI is InChI=1S/C33H33F2N5O5.ClH/c1-37(2)24-15-18-38(19-16-24)30(41)21-27-25-7-3-5-9-28(25)39(20-17-33(27,34)35)32(43)22-11-13-23(14-12-22)36-31(42)26-8-4-6-10-29(26)40(44)45;/h3-14,21,24H,15-20H2,1-2H3,(H,36,42);1H/b27-21-;. The number of likely N-dealkylation sites (tertiary alicyclic amines) is 1. The van der Waals surface area contributed by atoms with Gasteiger partial charge in [-0.05, 0) is 63.3 Å². The van der Waals surface area contributed by atoms with Gasteiger partial charge in [0.25, 0.3) is 23.4 Å². The summed E-state index contributed by atoms with van der Waals surface area (Å²) in [4.78, 5) is 55.2. The third-order valence-electron chi connectivity index (χ3n) is 8.28. The number of piperidine rings is 1. The largest absolute Gasteiger partial charge is 0.339 e. The zero-order valence-corrected chi connectivity index (χ0v) is 26.1. The number of halogens is 3. The number of nitrogens with zero attached hydrogens (tertiary/aromatic N) is 4. The molecule has 0 saturated carbocycles. The van der Waals surface area contributed by atoms with Crippen molar-refractivity contribution in [1.29, 1.82) is 0 Å². The lowest BCUT2D eigenvalue weighted by atomic mass is 9.96. The first-order chi connectivity index (χ1) is 21.5. The van der Waals surface area contributed by atoms with E-state index < -0.39 is 40.6 Å². The van der Waals surface area contributed by atoms with Crippen LogP contribution in [0.4, 0.5) is 25.8 Å². The molecule has 0 atom stereocenters. The number of rotatable bonds is 6. The van der Waals surface area contributed by atoms with Crippen molar-refractivity contribution < 1.29 is 28.1 Å². The van der Waals surface area contributed by atoms with Crippen LogP contribution in [-0.2, 0) is 4.79 Å². The molecule has 0 unspecified atom stereocenters. The van der Waals surface area contributed by atoms with Crippen LogP contribution < -0.4 is 10.2 Å². The molecule has 1 N–H and O–H groups in total. The monoisotopic (exact) mass is 653 g/mol. The molecule has 0 bridgehead atoms. The molecule has 242 valence electrons. The first-order valence-corrected chi connectivity index (χ1v) is 14.6. The predicted molar refractivity (Wildman–Crippen MR) is 174 cm³/mol. The second-order valence-corrected chi connectivity index (χ2v) is 11.3. The minimum absolute atomic E-state index is 0. The number of hydrogen-bond acceptors (Lipinski definition) is 6. The summed E-state index contributed by atoms with van der Waals surface area (Å²) in [5.41, 5.74) is -0.0364. The number of nitrogens with one attached hydrogen (secondary N) is 1.